The van der Waals surface area contributed by atoms with Crippen LogP contribution in [0.1, 0.15) is 69.4 Å². The van der Waals surface area contributed by atoms with Crippen LogP contribution in [0.5, 0.6) is 0 Å². The van der Waals surface area contributed by atoms with Crippen LogP contribution in [0.3, 0.4) is 0 Å². The van der Waals surface area contributed by atoms with Crippen molar-refractivity contribution in [3.05, 3.63) is 70.4 Å². The van der Waals surface area contributed by atoms with Crippen molar-refractivity contribution in [2.75, 3.05) is 0 Å². The van der Waals surface area contributed by atoms with Gasteiger partial charge in [0.1, 0.15) is 11.1 Å². The molecule has 0 aliphatic heterocycles. The molecule has 0 saturated heterocycles. The Bertz CT molecular complexity index is 1740. The first-order chi connectivity index (χ1) is 18.5. The minimum absolute atomic E-state index is 0.0260. The number of carbonyl (C=O) groups excluding carboxylic acids is 1. The molecule has 0 unspecified atom stereocenters. The maximum absolute atomic E-state index is 13.0. The van der Waals surface area contributed by atoms with Gasteiger partial charge in [0, 0.05) is 40.1 Å². The highest BCUT2D eigenvalue weighted by molar-refractivity contribution is 7.22. The number of fused-ring (bicyclic) bond motifs is 2. The number of hydrogen-bond acceptors (Lipinski definition) is 5. The number of benzene rings is 3. The van der Waals surface area contributed by atoms with E-state index in [0.717, 1.165) is 48.6 Å². The minimum Gasteiger partial charge on any atom is -0.360 e. The standard InChI is InChI=1S/C32H32ClN3O2S/c1-17-15-24-30(27(19-9-12-22(33)13-10-19)26(17)29(18(2)37)38-32(3,4)5)39-31(34-24)21-11-14-25-23(16-21)28(20-7-8-20)35-36(25)6/h9-16,20,29H,7-8H2,1-6H3/t29-/m1/s1. The van der Waals surface area contributed by atoms with E-state index in [1.807, 2.05) is 63.7 Å². The molecule has 0 bridgehead atoms. The van der Waals surface area contributed by atoms with Crippen LogP contribution in [0, 0.1) is 6.92 Å². The topological polar surface area (TPSA) is 57.0 Å². The third-order valence-corrected chi connectivity index (χ3v) is 8.64. The molecule has 2 heterocycles. The lowest BCUT2D eigenvalue weighted by Crippen LogP contribution is -2.27. The number of halogens is 1. The van der Waals surface area contributed by atoms with Gasteiger partial charge in [-0.05, 0) is 95.0 Å². The molecule has 0 amide bonds. The average molecular weight is 558 g/mol. The summed E-state index contributed by atoms with van der Waals surface area (Å²) in [5.74, 6) is 0.536. The zero-order chi connectivity index (χ0) is 27.6. The Balaban J connectivity index is 1.58. The van der Waals surface area contributed by atoms with Gasteiger partial charge in [-0.2, -0.15) is 5.10 Å². The number of Topliss-reactive ketones (excluding diaryl/α,β-unsaturated/α-hetero) is 1. The Morgan fingerprint density at radius 3 is 2.44 bits per heavy atom. The second-order valence-corrected chi connectivity index (χ2v) is 13.0. The zero-order valence-corrected chi connectivity index (χ0v) is 24.7. The predicted octanol–water partition coefficient (Wildman–Crippen LogP) is 8.80. The minimum atomic E-state index is -0.696. The van der Waals surface area contributed by atoms with E-state index in [0.29, 0.717) is 10.9 Å². The first-order valence-electron chi connectivity index (χ1n) is 13.4. The molecule has 1 fully saturated rings. The maximum Gasteiger partial charge on any atom is 0.163 e. The van der Waals surface area contributed by atoms with Gasteiger partial charge in [-0.3, -0.25) is 9.48 Å². The van der Waals surface area contributed by atoms with E-state index < -0.39 is 11.7 Å². The van der Waals surface area contributed by atoms with Gasteiger partial charge < -0.3 is 4.74 Å². The summed E-state index contributed by atoms with van der Waals surface area (Å²) in [6.45, 7) is 9.58. The second kappa shape index (κ2) is 9.54. The van der Waals surface area contributed by atoms with Crippen LogP contribution >= 0.6 is 22.9 Å². The number of thiazole rings is 1. The summed E-state index contributed by atoms with van der Waals surface area (Å²) in [5.41, 5.74) is 7.67. The third kappa shape index (κ3) is 4.90. The molecular formula is C32H32ClN3O2S. The van der Waals surface area contributed by atoms with Gasteiger partial charge in [0.15, 0.2) is 5.78 Å². The van der Waals surface area contributed by atoms with Gasteiger partial charge in [0.2, 0.25) is 0 Å². The Labute approximate surface area is 237 Å². The van der Waals surface area contributed by atoms with Crippen LogP contribution in [0.4, 0.5) is 0 Å². The molecule has 6 rings (SSSR count). The van der Waals surface area contributed by atoms with Gasteiger partial charge in [-0.25, -0.2) is 4.98 Å². The zero-order valence-electron chi connectivity index (χ0n) is 23.1. The molecule has 0 N–H and O–H groups in total. The maximum atomic E-state index is 13.0. The molecule has 1 aliphatic carbocycles. The van der Waals surface area contributed by atoms with E-state index in [4.69, 9.17) is 26.4 Å². The van der Waals surface area contributed by atoms with Crippen molar-refractivity contribution >= 4 is 49.8 Å². The molecular weight excluding hydrogens is 526 g/mol. The van der Waals surface area contributed by atoms with Crippen molar-refractivity contribution in [3.8, 4) is 21.7 Å². The van der Waals surface area contributed by atoms with Gasteiger partial charge in [-0.1, -0.05) is 23.7 Å². The van der Waals surface area contributed by atoms with Crippen LogP contribution in [0.2, 0.25) is 5.02 Å². The molecule has 0 spiro atoms. The smallest absolute Gasteiger partial charge is 0.163 e. The molecule has 2 aromatic heterocycles. The Kier molecular flexibility index (Phi) is 6.41. The van der Waals surface area contributed by atoms with Crippen molar-refractivity contribution in [1.29, 1.82) is 0 Å². The molecule has 1 saturated carbocycles. The van der Waals surface area contributed by atoms with E-state index in [1.165, 1.54) is 23.9 Å². The van der Waals surface area contributed by atoms with Crippen LogP contribution in [0.15, 0.2) is 48.5 Å². The van der Waals surface area contributed by atoms with E-state index in [2.05, 4.69) is 24.3 Å². The number of carbonyl (C=O) groups is 1. The van der Waals surface area contributed by atoms with Crippen molar-refractivity contribution in [2.45, 2.75) is 65.1 Å². The second-order valence-electron chi connectivity index (χ2n) is 11.6. The highest BCUT2D eigenvalue weighted by atomic mass is 35.5. The summed E-state index contributed by atoms with van der Waals surface area (Å²) in [7, 11) is 2.01. The number of ether oxygens (including phenoxy) is 1. The lowest BCUT2D eigenvalue weighted by molar-refractivity contribution is -0.138. The van der Waals surface area contributed by atoms with Crippen LogP contribution in [0.25, 0.3) is 42.8 Å². The SMILES string of the molecule is CC(=O)[C@@H](OC(C)(C)C)c1c(C)cc2nc(-c3ccc4c(c3)c(C3CC3)nn4C)sc2c1-c1ccc(Cl)cc1. The summed E-state index contributed by atoms with van der Waals surface area (Å²) < 4.78 is 9.40. The van der Waals surface area contributed by atoms with Crippen molar-refractivity contribution in [1.82, 2.24) is 14.8 Å². The van der Waals surface area contributed by atoms with Gasteiger partial charge in [0.05, 0.1) is 27.0 Å². The van der Waals surface area contributed by atoms with E-state index >= 15 is 0 Å². The highest BCUT2D eigenvalue weighted by Gasteiger charge is 2.31. The fourth-order valence-electron chi connectivity index (χ4n) is 5.36. The number of aryl methyl sites for hydroxylation is 2. The number of nitrogens with zero attached hydrogens (tertiary/aromatic N) is 3. The Morgan fingerprint density at radius 1 is 1.10 bits per heavy atom. The van der Waals surface area contributed by atoms with Crippen LogP contribution in [-0.4, -0.2) is 26.1 Å². The molecule has 200 valence electrons. The number of ketones is 1. The van der Waals surface area contributed by atoms with Crippen LogP contribution in [-0.2, 0) is 16.6 Å². The molecule has 5 aromatic rings. The highest BCUT2D eigenvalue weighted by Crippen LogP contribution is 2.46. The first-order valence-corrected chi connectivity index (χ1v) is 14.5. The molecule has 7 heteroatoms. The molecule has 3 aromatic carbocycles. The Hall–Kier alpha value is -3.06. The fraction of sp³-hybridized carbons (Fsp3) is 0.344. The summed E-state index contributed by atoms with van der Waals surface area (Å²) in [5, 5.41) is 7.64. The average Bonchev–Trinajstić information content (AvgIpc) is 3.55. The Morgan fingerprint density at radius 2 is 1.79 bits per heavy atom. The molecule has 0 radical (unpaired) electrons. The predicted molar refractivity (Wildman–Crippen MR) is 161 cm³/mol. The molecule has 5 nitrogen and oxygen atoms in total. The third-order valence-electron chi connectivity index (χ3n) is 7.25. The van der Waals surface area contributed by atoms with Gasteiger partial charge in [-0.15, -0.1) is 11.3 Å². The van der Waals surface area contributed by atoms with Crippen molar-refractivity contribution in [2.24, 2.45) is 7.05 Å². The van der Waals surface area contributed by atoms with E-state index in [-0.39, 0.29) is 5.78 Å². The molecule has 1 atom stereocenters. The van der Waals surface area contributed by atoms with E-state index in [9.17, 15) is 4.79 Å². The van der Waals surface area contributed by atoms with Gasteiger partial charge in [0.25, 0.3) is 0 Å². The quantitative estimate of drug-likeness (QED) is 0.209. The van der Waals surface area contributed by atoms with Crippen molar-refractivity contribution in [3.63, 3.8) is 0 Å². The van der Waals surface area contributed by atoms with Gasteiger partial charge >= 0.3 is 0 Å². The lowest BCUT2D eigenvalue weighted by atomic mass is 9.90. The largest absolute Gasteiger partial charge is 0.360 e. The monoisotopic (exact) mass is 557 g/mol. The molecule has 39 heavy (non-hydrogen) atoms. The number of rotatable bonds is 6. The number of hydrogen-bond donors (Lipinski definition) is 0. The fourth-order valence-corrected chi connectivity index (χ4v) is 6.61. The molecule has 1 aliphatic rings. The summed E-state index contributed by atoms with van der Waals surface area (Å²) in [4.78, 5) is 18.1. The van der Waals surface area contributed by atoms with Crippen molar-refractivity contribution < 1.29 is 9.53 Å². The summed E-state index contributed by atoms with van der Waals surface area (Å²) in [6.07, 6.45) is 1.72. The summed E-state index contributed by atoms with van der Waals surface area (Å²) >= 11 is 7.92. The summed E-state index contributed by atoms with van der Waals surface area (Å²) in [6, 6.07) is 16.4. The normalized spacial score (nSPS) is 14.8. The van der Waals surface area contributed by atoms with E-state index in [1.54, 1.807) is 18.3 Å². The number of aromatic nitrogens is 3. The van der Waals surface area contributed by atoms with Crippen LogP contribution < -0.4 is 0 Å². The first kappa shape index (κ1) is 26.2. The lowest BCUT2D eigenvalue weighted by Gasteiger charge is -2.29.